The van der Waals surface area contributed by atoms with Crippen LogP contribution in [0.1, 0.15) is 69.4 Å². The Balaban J connectivity index is 0.999. The third-order valence-electron chi connectivity index (χ3n) is 11.7. The van der Waals surface area contributed by atoms with E-state index in [-0.39, 0.29) is 16.6 Å². The van der Waals surface area contributed by atoms with Crippen molar-refractivity contribution in [1.29, 1.82) is 0 Å². The van der Waals surface area contributed by atoms with Gasteiger partial charge in [0.05, 0.1) is 44.2 Å². The van der Waals surface area contributed by atoms with Crippen LogP contribution in [0.15, 0.2) is 47.8 Å². The fourth-order valence-electron chi connectivity index (χ4n) is 9.72. The van der Waals surface area contributed by atoms with Gasteiger partial charge in [-0.25, -0.2) is 0 Å². The van der Waals surface area contributed by atoms with E-state index in [1.165, 1.54) is 55.2 Å². The fraction of sp³-hybridized carbons (Fsp3) is 0.686. The van der Waals surface area contributed by atoms with Gasteiger partial charge in [0, 0.05) is 32.1 Å². The third kappa shape index (κ3) is 4.88. The number of pyridine rings is 1. The Bertz CT molecular complexity index is 1210. The molecule has 1 N–H and O–H groups in total. The van der Waals surface area contributed by atoms with Crippen LogP contribution in [0.5, 0.6) is 0 Å². The Hall–Kier alpha value is -1.83. The Morgan fingerprint density at radius 2 is 1.95 bits per heavy atom. The van der Waals surface area contributed by atoms with Crippen LogP contribution in [0.3, 0.4) is 0 Å². The summed E-state index contributed by atoms with van der Waals surface area (Å²) in [6.45, 7) is 6.71. The highest BCUT2D eigenvalue weighted by atomic mass is 16.5. The number of rotatable bonds is 11. The highest BCUT2D eigenvalue weighted by Crippen LogP contribution is 2.68. The number of nitrogens with zero attached hydrogens (tertiary/aromatic N) is 1. The smallest absolute Gasteiger partial charge is 0.0974 e. The first-order chi connectivity index (χ1) is 20.1. The van der Waals surface area contributed by atoms with Gasteiger partial charge in [0.15, 0.2) is 0 Å². The largest absolute Gasteiger partial charge is 0.382 e. The van der Waals surface area contributed by atoms with Crippen molar-refractivity contribution in [2.24, 2.45) is 23.2 Å². The number of hydrogen-bond acceptors (Lipinski definition) is 6. The van der Waals surface area contributed by atoms with Gasteiger partial charge >= 0.3 is 0 Å². The Labute approximate surface area is 245 Å². The number of nitrogens with one attached hydrogen (secondary N) is 1. The SMILES string of the molecule is COCCOCCOCCNC1CCC2=CC3=CCC4(C)C(C5C=Cc6ccncc6C5)CC[C@H]4[C@@]34CC[C@]2(C1)O4. The summed E-state index contributed by atoms with van der Waals surface area (Å²) in [5.74, 6) is 1.90. The van der Waals surface area contributed by atoms with Crippen LogP contribution in [0.2, 0.25) is 0 Å². The highest BCUT2D eigenvalue weighted by Gasteiger charge is 2.66. The molecule has 2 aliphatic heterocycles. The van der Waals surface area contributed by atoms with Crippen LogP contribution < -0.4 is 5.32 Å². The lowest BCUT2D eigenvalue weighted by atomic mass is 9.56. The van der Waals surface area contributed by atoms with Crippen molar-refractivity contribution in [1.82, 2.24) is 10.3 Å². The van der Waals surface area contributed by atoms with E-state index >= 15 is 0 Å². The summed E-state index contributed by atoms with van der Waals surface area (Å²) in [6, 6.07) is 2.65. The van der Waals surface area contributed by atoms with Gasteiger partial charge < -0.3 is 24.3 Å². The van der Waals surface area contributed by atoms with Gasteiger partial charge in [-0.15, -0.1) is 0 Å². The van der Waals surface area contributed by atoms with Crippen molar-refractivity contribution < 1.29 is 18.9 Å². The van der Waals surface area contributed by atoms with Gasteiger partial charge in [0.2, 0.25) is 0 Å². The van der Waals surface area contributed by atoms with E-state index < -0.39 is 0 Å². The first-order valence-corrected chi connectivity index (χ1v) is 16.2. The lowest BCUT2D eigenvalue weighted by molar-refractivity contribution is -0.140. The molecule has 1 saturated heterocycles. The van der Waals surface area contributed by atoms with E-state index in [4.69, 9.17) is 18.9 Å². The number of allylic oxidation sites excluding steroid dienone is 2. The molecule has 3 fully saturated rings. The molecule has 1 aromatic heterocycles. The average molecular weight is 561 g/mol. The summed E-state index contributed by atoms with van der Waals surface area (Å²) in [6.07, 6.45) is 24.8. The molecule has 0 radical (unpaired) electrons. The van der Waals surface area contributed by atoms with Gasteiger partial charge in [0.25, 0.3) is 0 Å². The third-order valence-corrected chi connectivity index (χ3v) is 11.7. The second-order valence-corrected chi connectivity index (χ2v) is 13.7. The summed E-state index contributed by atoms with van der Waals surface area (Å²) >= 11 is 0. The average Bonchev–Trinajstić information content (AvgIpc) is 3.51. The van der Waals surface area contributed by atoms with Crippen molar-refractivity contribution in [3.63, 3.8) is 0 Å². The predicted molar refractivity (Wildman–Crippen MR) is 161 cm³/mol. The Morgan fingerprint density at radius 3 is 2.85 bits per heavy atom. The molecule has 0 aromatic carbocycles. The monoisotopic (exact) mass is 560 g/mol. The molecule has 222 valence electrons. The van der Waals surface area contributed by atoms with Crippen molar-refractivity contribution in [2.45, 2.75) is 82.0 Å². The maximum atomic E-state index is 7.51. The molecule has 0 amide bonds. The molecule has 7 rings (SSSR count). The van der Waals surface area contributed by atoms with Crippen molar-refractivity contribution in [3.05, 3.63) is 59.0 Å². The standard InChI is InChI=1S/C35H48N2O4/c1-33-11-9-29-22-28-5-6-30(37-15-16-39-19-20-40-18-17-38-2)23-34(28)12-13-35(29,41-34)32(33)8-7-31(33)26-4-3-25-10-14-36-24-27(25)21-26/h3-4,9-10,14,22,24,26,30-32,37H,5-8,11-13,15-21,23H2,1-2H3/t26?,30?,31?,32-,33?,34-,35-/m1/s1. The molecule has 7 atom stereocenters. The summed E-state index contributed by atoms with van der Waals surface area (Å²) in [7, 11) is 1.69. The first kappa shape index (κ1) is 28.0. The minimum absolute atomic E-state index is 0.0744. The number of aromatic nitrogens is 1. The van der Waals surface area contributed by atoms with E-state index in [0.717, 1.165) is 32.4 Å². The zero-order valence-corrected chi connectivity index (χ0v) is 25.0. The lowest BCUT2D eigenvalue weighted by Crippen LogP contribution is -2.55. The van der Waals surface area contributed by atoms with Crippen molar-refractivity contribution in [3.8, 4) is 0 Å². The predicted octanol–water partition coefficient (Wildman–Crippen LogP) is 5.68. The highest BCUT2D eigenvalue weighted by molar-refractivity contribution is 5.56. The number of fused-ring (bicyclic) bond motifs is 2. The molecule has 1 aromatic rings. The van der Waals surface area contributed by atoms with E-state index in [1.807, 2.05) is 6.20 Å². The normalized spacial score (nSPS) is 38.5. The molecule has 4 unspecified atom stereocenters. The fourth-order valence-corrected chi connectivity index (χ4v) is 9.72. The van der Waals surface area contributed by atoms with Crippen LogP contribution >= 0.6 is 0 Å². The zero-order chi connectivity index (χ0) is 27.9. The molecule has 4 aliphatic carbocycles. The summed E-state index contributed by atoms with van der Waals surface area (Å²) in [4.78, 5) is 4.44. The number of methoxy groups -OCH3 is 1. The molecule has 6 aliphatic rings. The van der Waals surface area contributed by atoms with Gasteiger partial charge in [-0.2, -0.15) is 0 Å². The van der Waals surface area contributed by atoms with E-state index in [0.29, 0.717) is 50.2 Å². The van der Waals surface area contributed by atoms with Gasteiger partial charge in [0.1, 0.15) is 0 Å². The quantitative estimate of drug-likeness (QED) is 0.352. The second kappa shape index (κ2) is 11.3. The molecule has 3 heterocycles. The molecule has 6 heteroatoms. The first-order valence-electron chi connectivity index (χ1n) is 16.2. The molecule has 2 bridgehead atoms. The molecular weight excluding hydrogens is 512 g/mol. The molecule has 2 spiro atoms. The molecule has 41 heavy (non-hydrogen) atoms. The maximum absolute atomic E-state index is 7.51. The number of hydrogen-bond donors (Lipinski definition) is 1. The van der Waals surface area contributed by atoms with Crippen LogP contribution in [-0.4, -0.2) is 68.9 Å². The van der Waals surface area contributed by atoms with Crippen LogP contribution in [-0.2, 0) is 25.4 Å². The Morgan fingerprint density at radius 1 is 1.07 bits per heavy atom. The van der Waals surface area contributed by atoms with E-state index in [9.17, 15) is 0 Å². The second-order valence-electron chi connectivity index (χ2n) is 13.7. The molecular formula is C35H48N2O4. The van der Waals surface area contributed by atoms with Crippen LogP contribution in [0.25, 0.3) is 6.08 Å². The zero-order valence-electron chi connectivity index (χ0n) is 25.0. The van der Waals surface area contributed by atoms with Gasteiger partial charge in [-0.1, -0.05) is 31.2 Å². The topological polar surface area (TPSA) is 61.8 Å². The van der Waals surface area contributed by atoms with Crippen LogP contribution in [0.4, 0.5) is 0 Å². The molecule has 2 saturated carbocycles. The lowest BCUT2D eigenvalue weighted by Gasteiger charge is -2.55. The van der Waals surface area contributed by atoms with Crippen molar-refractivity contribution >= 4 is 6.08 Å². The maximum Gasteiger partial charge on any atom is 0.0974 e. The minimum atomic E-state index is -0.0864. The van der Waals surface area contributed by atoms with Gasteiger partial charge in [-0.3, -0.25) is 4.98 Å². The van der Waals surface area contributed by atoms with E-state index in [1.54, 1.807) is 12.7 Å². The number of ether oxygens (including phenoxy) is 4. The van der Waals surface area contributed by atoms with Gasteiger partial charge in [-0.05, 0) is 109 Å². The summed E-state index contributed by atoms with van der Waals surface area (Å²) < 4.78 is 23.8. The van der Waals surface area contributed by atoms with Crippen LogP contribution in [0, 0.1) is 23.2 Å². The summed E-state index contributed by atoms with van der Waals surface area (Å²) in [5, 5.41) is 3.80. The summed E-state index contributed by atoms with van der Waals surface area (Å²) in [5.41, 5.74) is 5.98. The van der Waals surface area contributed by atoms with Crippen molar-refractivity contribution in [2.75, 3.05) is 46.7 Å². The minimum Gasteiger partial charge on any atom is -0.382 e. The Kier molecular flexibility index (Phi) is 7.74. The van der Waals surface area contributed by atoms with E-state index in [2.05, 4.69) is 53.8 Å². The molecule has 6 nitrogen and oxygen atoms in total.